The Morgan fingerprint density at radius 2 is 1.22 bits per heavy atom. The minimum Gasteiger partial charge on any atom is -0.350 e. The second-order valence-electron chi connectivity index (χ2n) is 10.4. The third-order valence-corrected chi connectivity index (χ3v) is 10.4. The zero-order valence-corrected chi connectivity index (χ0v) is 24.1. The van der Waals surface area contributed by atoms with Crippen molar-refractivity contribution in [3.63, 3.8) is 0 Å². The highest BCUT2D eigenvalue weighted by atomic mass is 32.2. The van der Waals surface area contributed by atoms with E-state index in [1.165, 1.54) is 36.4 Å². The van der Waals surface area contributed by atoms with Crippen LogP contribution in [0.5, 0.6) is 0 Å². The van der Waals surface area contributed by atoms with Gasteiger partial charge in [0.1, 0.15) is 11.7 Å². The molecule has 0 unspecified atom stereocenters. The summed E-state index contributed by atoms with van der Waals surface area (Å²) in [7, 11) is -8.06. The average Bonchev–Trinajstić information content (AvgIpc) is 3.25. The van der Waals surface area contributed by atoms with Crippen LogP contribution in [0.3, 0.4) is 0 Å². The fraction of sp³-hybridized carbons (Fsp3) is 0.194. The number of rotatable bonds is 7. The normalized spacial score (nSPS) is 20.0. The molecule has 0 radical (unpaired) electrons. The molecule has 0 aliphatic carbocycles. The minimum atomic E-state index is -4.03. The Kier molecular flexibility index (Phi) is 6.52. The maximum absolute atomic E-state index is 13.5. The standard InChI is InChI=1S/C31H28N2O6S2/c1-20-8-12-23(13-9-20)40(35,36)32-25-16-17-26(33-41(37,38)24-14-10-21(2)11-15-24)29-28(25)30-27(34)18-19-31(29,39-30)22-6-4-3-5-7-22/h3-17,30,32-33H,18-19H2,1-2H3/t30-,31-/m1/s1. The van der Waals surface area contributed by atoms with Gasteiger partial charge in [0.25, 0.3) is 20.0 Å². The zero-order chi connectivity index (χ0) is 29.0. The lowest BCUT2D eigenvalue weighted by atomic mass is 9.81. The number of hydrogen-bond donors (Lipinski definition) is 2. The van der Waals surface area contributed by atoms with E-state index in [-0.39, 0.29) is 39.8 Å². The Morgan fingerprint density at radius 1 is 0.707 bits per heavy atom. The summed E-state index contributed by atoms with van der Waals surface area (Å²) in [4.78, 5) is 13.4. The first-order chi connectivity index (χ1) is 19.5. The van der Waals surface area contributed by atoms with Crippen LogP contribution in [0.4, 0.5) is 11.4 Å². The molecule has 0 saturated carbocycles. The first kappa shape index (κ1) is 27.2. The third kappa shape index (κ3) is 4.71. The molecule has 2 bridgehead atoms. The topological polar surface area (TPSA) is 119 Å². The molecular formula is C31H28N2O6S2. The van der Waals surface area contributed by atoms with Crippen LogP contribution in [0.1, 0.15) is 46.8 Å². The summed E-state index contributed by atoms with van der Waals surface area (Å²) in [5, 5.41) is 0. The van der Waals surface area contributed by atoms with Gasteiger partial charge in [-0.3, -0.25) is 14.2 Å². The van der Waals surface area contributed by atoms with Crippen LogP contribution in [-0.2, 0) is 35.2 Å². The number of aryl methyl sites for hydroxylation is 2. The van der Waals surface area contributed by atoms with Gasteiger partial charge in [0.05, 0.1) is 21.2 Å². The van der Waals surface area contributed by atoms with Gasteiger partial charge < -0.3 is 4.74 Å². The zero-order valence-electron chi connectivity index (χ0n) is 22.4. The molecule has 1 fully saturated rings. The Bertz CT molecular complexity index is 1870. The number of sulfonamides is 2. The van der Waals surface area contributed by atoms with Crippen molar-refractivity contribution in [1.82, 2.24) is 0 Å². The predicted octanol–water partition coefficient (Wildman–Crippen LogP) is 5.58. The number of anilines is 2. The Hall–Kier alpha value is -3.99. The van der Waals surface area contributed by atoms with E-state index in [0.29, 0.717) is 11.1 Å². The molecule has 2 atom stereocenters. The van der Waals surface area contributed by atoms with Crippen molar-refractivity contribution in [3.05, 3.63) is 119 Å². The van der Waals surface area contributed by atoms with Crippen molar-refractivity contribution >= 4 is 37.2 Å². The second kappa shape index (κ2) is 9.83. The van der Waals surface area contributed by atoms with Gasteiger partial charge in [-0.05, 0) is 62.2 Å². The lowest BCUT2D eigenvalue weighted by Gasteiger charge is -2.35. The molecule has 2 heterocycles. The maximum atomic E-state index is 13.5. The Labute approximate surface area is 239 Å². The number of nitrogens with one attached hydrogen (secondary N) is 2. The molecule has 2 aliphatic rings. The number of ether oxygens (including phenoxy) is 1. The number of Topliss-reactive ketones (excluding diaryl/α,β-unsaturated/α-hetero) is 1. The van der Waals surface area contributed by atoms with E-state index in [1.807, 2.05) is 44.2 Å². The van der Waals surface area contributed by atoms with E-state index in [2.05, 4.69) is 9.44 Å². The number of fused-ring (bicyclic) bond motifs is 5. The summed E-state index contributed by atoms with van der Waals surface area (Å²) in [6, 6.07) is 25.2. The molecule has 0 aromatic heterocycles. The van der Waals surface area contributed by atoms with E-state index in [1.54, 1.807) is 24.3 Å². The van der Waals surface area contributed by atoms with Crippen molar-refractivity contribution in [2.45, 2.75) is 48.2 Å². The van der Waals surface area contributed by atoms with Crippen LogP contribution >= 0.6 is 0 Å². The van der Waals surface area contributed by atoms with Gasteiger partial charge in [-0.2, -0.15) is 0 Å². The van der Waals surface area contributed by atoms with Crippen molar-refractivity contribution in [2.24, 2.45) is 0 Å². The number of hydrogen-bond acceptors (Lipinski definition) is 6. The molecule has 4 aromatic rings. The monoisotopic (exact) mass is 588 g/mol. The SMILES string of the molecule is Cc1ccc(S(=O)(=O)Nc2ccc(NS(=O)(=O)c3ccc(C)cc3)c3c2[C@@H]2O[C@@]3(c3ccccc3)CCC2=O)cc1. The summed E-state index contributed by atoms with van der Waals surface area (Å²) >= 11 is 0. The molecule has 8 nitrogen and oxygen atoms in total. The van der Waals surface area contributed by atoms with Crippen LogP contribution in [0.15, 0.2) is 101 Å². The first-order valence-corrected chi connectivity index (χ1v) is 16.1. The summed E-state index contributed by atoms with van der Waals surface area (Å²) < 4.78 is 65.7. The first-order valence-electron chi connectivity index (χ1n) is 13.1. The number of carbonyl (C=O) groups excluding carboxylic acids is 1. The summed E-state index contributed by atoms with van der Waals surface area (Å²) in [5.41, 5.74) is 2.54. The number of benzene rings is 4. The van der Waals surface area contributed by atoms with Gasteiger partial charge in [-0.25, -0.2) is 16.8 Å². The van der Waals surface area contributed by atoms with E-state index in [0.717, 1.165) is 16.7 Å². The quantitative estimate of drug-likeness (QED) is 0.291. The Balaban J connectivity index is 1.54. The highest BCUT2D eigenvalue weighted by Gasteiger charge is 2.55. The fourth-order valence-electron chi connectivity index (χ4n) is 5.57. The Morgan fingerprint density at radius 3 is 1.78 bits per heavy atom. The number of carbonyl (C=O) groups is 1. The van der Waals surface area contributed by atoms with Crippen LogP contribution in [0.25, 0.3) is 0 Å². The highest BCUT2D eigenvalue weighted by molar-refractivity contribution is 7.93. The average molecular weight is 589 g/mol. The molecule has 4 aromatic carbocycles. The van der Waals surface area contributed by atoms with Crippen LogP contribution in [-0.4, -0.2) is 22.6 Å². The number of ketones is 1. The van der Waals surface area contributed by atoms with Crippen LogP contribution in [0.2, 0.25) is 0 Å². The van der Waals surface area contributed by atoms with Gasteiger partial charge >= 0.3 is 0 Å². The third-order valence-electron chi connectivity index (χ3n) is 7.64. The van der Waals surface area contributed by atoms with Crippen molar-refractivity contribution in [2.75, 3.05) is 9.44 Å². The summed E-state index contributed by atoms with van der Waals surface area (Å²) in [6.45, 7) is 3.73. The van der Waals surface area contributed by atoms with Gasteiger partial charge in [0.2, 0.25) is 0 Å². The summed E-state index contributed by atoms with van der Waals surface area (Å²) in [5.74, 6) is -0.204. The molecule has 210 valence electrons. The van der Waals surface area contributed by atoms with E-state index < -0.39 is 31.8 Å². The van der Waals surface area contributed by atoms with E-state index in [9.17, 15) is 21.6 Å². The van der Waals surface area contributed by atoms with Crippen LogP contribution in [0, 0.1) is 13.8 Å². The molecule has 10 heteroatoms. The molecule has 6 rings (SSSR count). The molecule has 2 aliphatic heterocycles. The van der Waals surface area contributed by atoms with Crippen molar-refractivity contribution < 1.29 is 26.4 Å². The largest absolute Gasteiger partial charge is 0.350 e. The molecule has 0 amide bonds. The van der Waals surface area contributed by atoms with Gasteiger partial charge in [0.15, 0.2) is 5.78 Å². The molecule has 2 N–H and O–H groups in total. The van der Waals surface area contributed by atoms with Crippen LogP contribution < -0.4 is 9.44 Å². The van der Waals surface area contributed by atoms with E-state index >= 15 is 0 Å². The van der Waals surface area contributed by atoms with Gasteiger partial charge in [0, 0.05) is 17.5 Å². The smallest absolute Gasteiger partial charge is 0.261 e. The molecular weight excluding hydrogens is 560 g/mol. The molecule has 0 spiro atoms. The summed E-state index contributed by atoms with van der Waals surface area (Å²) in [6.07, 6.45) is -0.617. The molecule has 1 saturated heterocycles. The molecule has 41 heavy (non-hydrogen) atoms. The lowest BCUT2D eigenvalue weighted by molar-refractivity contribution is -0.149. The highest BCUT2D eigenvalue weighted by Crippen LogP contribution is 2.58. The predicted molar refractivity (Wildman–Crippen MR) is 156 cm³/mol. The lowest BCUT2D eigenvalue weighted by Crippen LogP contribution is -2.34. The van der Waals surface area contributed by atoms with Gasteiger partial charge in [-0.1, -0.05) is 65.7 Å². The van der Waals surface area contributed by atoms with Crippen molar-refractivity contribution in [3.8, 4) is 0 Å². The van der Waals surface area contributed by atoms with E-state index in [4.69, 9.17) is 4.74 Å². The maximum Gasteiger partial charge on any atom is 0.261 e. The van der Waals surface area contributed by atoms with Gasteiger partial charge in [-0.15, -0.1) is 0 Å². The van der Waals surface area contributed by atoms with Crippen molar-refractivity contribution in [1.29, 1.82) is 0 Å². The second-order valence-corrected chi connectivity index (χ2v) is 13.8. The minimum absolute atomic E-state index is 0.0620. The fourth-order valence-corrected chi connectivity index (χ4v) is 7.72.